The molecule has 5 nitrogen and oxygen atoms in total. The lowest BCUT2D eigenvalue weighted by atomic mass is 10.1. The van der Waals surface area contributed by atoms with Crippen molar-refractivity contribution in [1.82, 2.24) is 5.32 Å². The standard InChI is InChI=1S/C26H31NO4/c1-20(24(28)14-17-26(2,3)30-4)16-19-31-23-12-10-21(11-13-23)15-18-27-25(29)22-8-6-5-7-9-22/h5-14,17H,1,15-16,18-19H2,2-4H3,(H,27,29)/b17-14+. The lowest BCUT2D eigenvalue weighted by Crippen LogP contribution is -2.25. The summed E-state index contributed by atoms with van der Waals surface area (Å²) in [6.07, 6.45) is 4.40. The number of amides is 1. The topological polar surface area (TPSA) is 64.6 Å². The highest BCUT2D eigenvalue weighted by molar-refractivity contribution is 6.03. The summed E-state index contributed by atoms with van der Waals surface area (Å²) in [6.45, 7) is 8.53. The molecule has 0 atom stereocenters. The molecule has 31 heavy (non-hydrogen) atoms. The Morgan fingerprint density at radius 1 is 1.06 bits per heavy atom. The molecular formula is C26H31NO4. The van der Waals surface area contributed by atoms with E-state index in [-0.39, 0.29) is 11.7 Å². The second kappa shape index (κ2) is 11.9. The normalized spacial score (nSPS) is 11.3. The number of ketones is 1. The molecule has 2 rings (SSSR count). The third-order valence-corrected chi connectivity index (χ3v) is 4.84. The average Bonchev–Trinajstić information content (AvgIpc) is 2.79. The van der Waals surface area contributed by atoms with Crippen LogP contribution in [0.1, 0.15) is 36.2 Å². The zero-order valence-corrected chi connectivity index (χ0v) is 18.5. The maximum Gasteiger partial charge on any atom is 0.251 e. The predicted molar refractivity (Wildman–Crippen MR) is 123 cm³/mol. The molecule has 0 aliphatic rings. The van der Waals surface area contributed by atoms with Crippen molar-refractivity contribution in [2.45, 2.75) is 32.3 Å². The van der Waals surface area contributed by atoms with Crippen LogP contribution in [0.3, 0.4) is 0 Å². The number of ether oxygens (including phenoxy) is 2. The Morgan fingerprint density at radius 2 is 1.74 bits per heavy atom. The molecule has 2 aromatic carbocycles. The van der Waals surface area contributed by atoms with E-state index in [4.69, 9.17) is 9.47 Å². The van der Waals surface area contributed by atoms with Gasteiger partial charge in [0.15, 0.2) is 5.78 Å². The third-order valence-electron chi connectivity index (χ3n) is 4.84. The van der Waals surface area contributed by atoms with Crippen LogP contribution in [0.5, 0.6) is 5.75 Å². The summed E-state index contributed by atoms with van der Waals surface area (Å²) in [5.74, 6) is 0.533. The molecule has 0 radical (unpaired) electrons. The molecule has 0 saturated carbocycles. The van der Waals surface area contributed by atoms with E-state index in [2.05, 4.69) is 11.9 Å². The lowest BCUT2D eigenvalue weighted by Gasteiger charge is -2.17. The Bertz CT molecular complexity index is 899. The summed E-state index contributed by atoms with van der Waals surface area (Å²) in [5.41, 5.74) is 1.77. The van der Waals surface area contributed by atoms with Crippen LogP contribution in [-0.2, 0) is 16.0 Å². The Hall–Kier alpha value is -3.18. The number of carbonyl (C=O) groups excluding carboxylic acids is 2. The molecule has 0 bridgehead atoms. The number of hydrogen-bond donors (Lipinski definition) is 1. The van der Waals surface area contributed by atoms with Crippen LogP contribution >= 0.6 is 0 Å². The zero-order valence-electron chi connectivity index (χ0n) is 18.5. The van der Waals surface area contributed by atoms with Gasteiger partial charge in [0.2, 0.25) is 0 Å². The Kier molecular flexibility index (Phi) is 9.22. The molecule has 0 unspecified atom stereocenters. The van der Waals surface area contributed by atoms with Gasteiger partial charge in [-0.1, -0.05) is 36.9 Å². The zero-order chi connectivity index (χ0) is 22.7. The quantitative estimate of drug-likeness (QED) is 0.511. The predicted octanol–water partition coefficient (Wildman–Crippen LogP) is 4.53. The van der Waals surface area contributed by atoms with Crippen LogP contribution in [0.2, 0.25) is 0 Å². The molecule has 1 amide bonds. The molecule has 164 valence electrons. The van der Waals surface area contributed by atoms with E-state index in [9.17, 15) is 9.59 Å². The van der Waals surface area contributed by atoms with Gasteiger partial charge in [-0.3, -0.25) is 9.59 Å². The lowest BCUT2D eigenvalue weighted by molar-refractivity contribution is -0.111. The molecule has 0 saturated heterocycles. The first kappa shape index (κ1) is 24.1. The summed E-state index contributed by atoms with van der Waals surface area (Å²) >= 11 is 0. The fourth-order valence-electron chi connectivity index (χ4n) is 2.64. The van der Waals surface area contributed by atoms with Crippen LogP contribution in [0.15, 0.2) is 78.9 Å². The smallest absolute Gasteiger partial charge is 0.251 e. The van der Waals surface area contributed by atoms with Crippen LogP contribution in [-0.4, -0.2) is 37.6 Å². The number of methoxy groups -OCH3 is 1. The summed E-state index contributed by atoms with van der Waals surface area (Å²) in [6, 6.07) is 16.9. The number of rotatable bonds is 12. The van der Waals surface area contributed by atoms with E-state index >= 15 is 0 Å². The van der Waals surface area contributed by atoms with Gasteiger partial charge >= 0.3 is 0 Å². The van der Waals surface area contributed by atoms with Crippen molar-refractivity contribution in [2.24, 2.45) is 0 Å². The van der Waals surface area contributed by atoms with Crippen LogP contribution in [0.25, 0.3) is 0 Å². The van der Waals surface area contributed by atoms with Crippen molar-refractivity contribution >= 4 is 11.7 Å². The van der Waals surface area contributed by atoms with Gasteiger partial charge in [-0.2, -0.15) is 0 Å². The molecule has 0 aliphatic heterocycles. The minimum atomic E-state index is -0.488. The highest BCUT2D eigenvalue weighted by atomic mass is 16.5. The molecule has 5 heteroatoms. The Balaban J connectivity index is 1.70. The van der Waals surface area contributed by atoms with E-state index < -0.39 is 5.60 Å². The first-order chi connectivity index (χ1) is 14.8. The van der Waals surface area contributed by atoms with E-state index in [0.29, 0.717) is 30.7 Å². The maximum absolute atomic E-state index is 12.1. The molecular weight excluding hydrogens is 390 g/mol. The Morgan fingerprint density at radius 3 is 2.39 bits per heavy atom. The minimum Gasteiger partial charge on any atom is -0.493 e. The molecule has 1 N–H and O–H groups in total. The van der Waals surface area contributed by atoms with Crippen LogP contribution < -0.4 is 10.1 Å². The molecule has 0 spiro atoms. The molecule has 2 aromatic rings. The first-order valence-corrected chi connectivity index (χ1v) is 10.3. The van der Waals surface area contributed by atoms with Crippen molar-refractivity contribution in [2.75, 3.05) is 20.3 Å². The minimum absolute atomic E-state index is 0.0732. The first-order valence-electron chi connectivity index (χ1n) is 10.3. The van der Waals surface area contributed by atoms with E-state index in [1.165, 1.54) is 6.08 Å². The highest BCUT2D eigenvalue weighted by Crippen LogP contribution is 2.14. The molecule has 0 fully saturated rings. The van der Waals surface area contributed by atoms with Crippen molar-refractivity contribution in [1.29, 1.82) is 0 Å². The maximum atomic E-state index is 12.1. The summed E-state index contributed by atoms with van der Waals surface area (Å²) < 4.78 is 11.0. The van der Waals surface area contributed by atoms with Crippen LogP contribution in [0, 0.1) is 0 Å². The van der Waals surface area contributed by atoms with Gasteiger partial charge in [-0.15, -0.1) is 0 Å². The van der Waals surface area contributed by atoms with Gasteiger partial charge in [0.1, 0.15) is 5.75 Å². The van der Waals surface area contributed by atoms with Gasteiger partial charge in [0.25, 0.3) is 5.91 Å². The number of benzene rings is 2. The number of allylic oxidation sites excluding steroid dienone is 1. The Labute approximate surface area is 184 Å². The third kappa shape index (κ3) is 8.60. The van der Waals surface area contributed by atoms with E-state index in [0.717, 1.165) is 17.7 Å². The van der Waals surface area contributed by atoms with Gasteiger partial charge in [0, 0.05) is 25.6 Å². The SMILES string of the molecule is C=C(CCOc1ccc(CCNC(=O)c2ccccc2)cc1)C(=O)/C=C/C(C)(C)OC. The van der Waals surface area contributed by atoms with Gasteiger partial charge in [0.05, 0.1) is 12.2 Å². The van der Waals surface area contributed by atoms with Gasteiger partial charge in [-0.05, 0) is 67.8 Å². The average molecular weight is 422 g/mol. The van der Waals surface area contributed by atoms with Crippen molar-refractivity contribution in [3.63, 3.8) is 0 Å². The second-order valence-electron chi connectivity index (χ2n) is 7.72. The van der Waals surface area contributed by atoms with Crippen molar-refractivity contribution in [3.05, 3.63) is 90.0 Å². The van der Waals surface area contributed by atoms with Gasteiger partial charge in [-0.25, -0.2) is 0 Å². The number of carbonyl (C=O) groups is 2. The summed E-state index contributed by atoms with van der Waals surface area (Å²) in [7, 11) is 1.60. The fourth-order valence-corrected chi connectivity index (χ4v) is 2.64. The fraction of sp³-hybridized carbons (Fsp3) is 0.308. The van der Waals surface area contributed by atoms with Gasteiger partial charge < -0.3 is 14.8 Å². The molecule has 0 aliphatic carbocycles. The molecule has 0 aromatic heterocycles. The van der Waals surface area contributed by atoms with E-state index in [1.807, 2.05) is 56.3 Å². The van der Waals surface area contributed by atoms with Crippen molar-refractivity contribution < 1.29 is 19.1 Å². The summed E-state index contributed by atoms with van der Waals surface area (Å²) in [5, 5.41) is 2.92. The van der Waals surface area contributed by atoms with E-state index in [1.54, 1.807) is 25.3 Å². The largest absolute Gasteiger partial charge is 0.493 e. The summed E-state index contributed by atoms with van der Waals surface area (Å²) in [4.78, 5) is 24.1. The monoisotopic (exact) mass is 421 g/mol. The highest BCUT2D eigenvalue weighted by Gasteiger charge is 2.12. The second-order valence-corrected chi connectivity index (χ2v) is 7.72. The number of hydrogen-bond acceptors (Lipinski definition) is 4. The van der Waals surface area contributed by atoms with Crippen LogP contribution in [0.4, 0.5) is 0 Å². The van der Waals surface area contributed by atoms with Crippen molar-refractivity contribution in [3.8, 4) is 5.75 Å². The number of nitrogens with one attached hydrogen (secondary N) is 1. The molecule has 0 heterocycles.